The zero-order valence-electron chi connectivity index (χ0n) is 13.1. The molecule has 2 aromatic carbocycles. The number of para-hydroxylation sites is 1. The lowest BCUT2D eigenvalue weighted by molar-refractivity contribution is -0.152. The highest BCUT2D eigenvalue weighted by molar-refractivity contribution is 6.30. The Bertz CT molecular complexity index is 730. The van der Waals surface area contributed by atoms with Crippen molar-refractivity contribution < 1.29 is 14.3 Å². The molecule has 0 amide bonds. The van der Waals surface area contributed by atoms with Crippen LogP contribution in [0.5, 0.6) is 5.75 Å². The van der Waals surface area contributed by atoms with Gasteiger partial charge in [-0.1, -0.05) is 35.9 Å². The van der Waals surface area contributed by atoms with Crippen LogP contribution in [0.25, 0.3) is 11.1 Å². The van der Waals surface area contributed by atoms with E-state index < -0.39 is 12.1 Å². The highest BCUT2D eigenvalue weighted by Crippen LogP contribution is 2.43. The van der Waals surface area contributed by atoms with Crippen LogP contribution in [0.1, 0.15) is 11.7 Å². The van der Waals surface area contributed by atoms with Crippen molar-refractivity contribution in [3.8, 4) is 16.9 Å². The first kappa shape index (κ1) is 15.8. The predicted octanol–water partition coefficient (Wildman–Crippen LogP) is 3.55. The highest BCUT2D eigenvalue weighted by Gasteiger charge is 2.32. The number of carbonyl (C=O) groups excluding carboxylic acids is 1. The number of hydrogen-bond donors (Lipinski definition) is 0. The van der Waals surface area contributed by atoms with E-state index in [1.165, 1.54) is 0 Å². The molecule has 1 atom stereocenters. The van der Waals surface area contributed by atoms with Crippen molar-refractivity contribution in [3.05, 3.63) is 53.1 Å². The first-order valence-electron chi connectivity index (χ1n) is 7.43. The van der Waals surface area contributed by atoms with Gasteiger partial charge in [-0.3, -0.25) is 0 Å². The number of carbonyl (C=O) groups is 1. The third-order valence-corrected chi connectivity index (χ3v) is 3.95. The van der Waals surface area contributed by atoms with Gasteiger partial charge in [0.2, 0.25) is 6.10 Å². The maximum Gasteiger partial charge on any atom is 0.352 e. The first-order chi connectivity index (χ1) is 11.1. The maximum absolute atomic E-state index is 12.5. The number of esters is 1. The number of fused-ring (bicyclic) bond motifs is 3. The molecule has 0 saturated carbocycles. The average molecular weight is 332 g/mol. The number of rotatable bonds is 4. The SMILES string of the molecule is CN(C)CCOC(=O)C1Oc2ccccc2-c2ccc(Cl)cc21. The van der Waals surface area contributed by atoms with Crippen molar-refractivity contribution in [1.82, 2.24) is 4.90 Å². The Morgan fingerprint density at radius 1 is 1.22 bits per heavy atom. The minimum Gasteiger partial charge on any atom is -0.473 e. The molecular weight excluding hydrogens is 314 g/mol. The molecule has 0 fully saturated rings. The molecule has 0 saturated heterocycles. The Morgan fingerprint density at radius 2 is 2.00 bits per heavy atom. The van der Waals surface area contributed by atoms with Crippen LogP contribution in [-0.4, -0.2) is 38.1 Å². The number of nitrogens with zero attached hydrogens (tertiary/aromatic N) is 1. The Hall–Kier alpha value is -2.04. The van der Waals surface area contributed by atoms with Gasteiger partial charge < -0.3 is 14.4 Å². The van der Waals surface area contributed by atoms with E-state index in [1.54, 1.807) is 6.07 Å². The molecule has 0 spiro atoms. The monoisotopic (exact) mass is 331 g/mol. The second-order valence-electron chi connectivity index (χ2n) is 5.70. The highest BCUT2D eigenvalue weighted by atomic mass is 35.5. The van der Waals surface area contributed by atoms with Crippen molar-refractivity contribution in [1.29, 1.82) is 0 Å². The van der Waals surface area contributed by atoms with Crippen molar-refractivity contribution in [2.75, 3.05) is 27.2 Å². The van der Waals surface area contributed by atoms with Crippen LogP contribution in [0.2, 0.25) is 5.02 Å². The van der Waals surface area contributed by atoms with Gasteiger partial charge >= 0.3 is 5.97 Å². The van der Waals surface area contributed by atoms with Gasteiger partial charge in [0.15, 0.2) is 0 Å². The quantitative estimate of drug-likeness (QED) is 0.803. The zero-order valence-corrected chi connectivity index (χ0v) is 13.8. The molecule has 0 radical (unpaired) electrons. The summed E-state index contributed by atoms with van der Waals surface area (Å²) in [7, 11) is 3.85. The summed E-state index contributed by atoms with van der Waals surface area (Å²) in [6, 6.07) is 13.1. The van der Waals surface area contributed by atoms with Crippen LogP contribution in [0.3, 0.4) is 0 Å². The molecule has 120 valence electrons. The predicted molar refractivity (Wildman–Crippen MR) is 89.8 cm³/mol. The Morgan fingerprint density at radius 3 is 2.78 bits per heavy atom. The van der Waals surface area contributed by atoms with E-state index in [0.717, 1.165) is 16.7 Å². The molecular formula is C18H18ClNO3. The van der Waals surface area contributed by atoms with E-state index in [-0.39, 0.29) is 0 Å². The molecule has 0 N–H and O–H groups in total. The molecule has 0 aromatic heterocycles. The van der Waals surface area contributed by atoms with Gasteiger partial charge in [0, 0.05) is 22.7 Å². The molecule has 1 aliphatic heterocycles. The minimum absolute atomic E-state index is 0.323. The molecule has 1 aliphatic rings. The van der Waals surface area contributed by atoms with Gasteiger partial charge in [0.1, 0.15) is 12.4 Å². The molecule has 2 aromatic rings. The van der Waals surface area contributed by atoms with Crippen molar-refractivity contribution in [3.63, 3.8) is 0 Å². The fraction of sp³-hybridized carbons (Fsp3) is 0.278. The second kappa shape index (κ2) is 6.60. The third-order valence-electron chi connectivity index (χ3n) is 3.72. The molecule has 23 heavy (non-hydrogen) atoms. The smallest absolute Gasteiger partial charge is 0.352 e. The molecule has 0 bridgehead atoms. The molecule has 1 heterocycles. The van der Waals surface area contributed by atoms with Gasteiger partial charge in [-0.05, 0) is 37.9 Å². The van der Waals surface area contributed by atoms with Gasteiger partial charge in [0.05, 0.1) is 0 Å². The van der Waals surface area contributed by atoms with Crippen molar-refractivity contribution in [2.24, 2.45) is 0 Å². The number of halogens is 1. The largest absolute Gasteiger partial charge is 0.473 e. The number of hydrogen-bond acceptors (Lipinski definition) is 4. The molecule has 5 heteroatoms. The molecule has 0 aliphatic carbocycles. The molecule has 3 rings (SSSR count). The lowest BCUT2D eigenvalue weighted by Crippen LogP contribution is -2.27. The van der Waals surface area contributed by atoms with E-state index in [4.69, 9.17) is 21.1 Å². The van der Waals surface area contributed by atoms with Gasteiger partial charge in [-0.25, -0.2) is 4.79 Å². The normalized spacial score (nSPS) is 15.6. The van der Waals surface area contributed by atoms with Crippen LogP contribution in [0.4, 0.5) is 0 Å². The fourth-order valence-corrected chi connectivity index (χ4v) is 2.74. The minimum atomic E-state index is -0.791. The van der Waals surface area contributed by atoms with Gasteiger partial charge in [-0.2, -0.15) is 0 Å². The Balaban J connectivity index is 1.91. The average Bonchev–Trinajstić information content (AvgIpc) is 2.53. The molecule has 4 nitrogen and oxygen atoms in total. The Kier molecular flexibility index (Phi) is 4.55. The van der Waals surface area contributed by atoms with E-state index in [2.05, 4.69) is 0 Å². The van der Waals surface area contributed by atoms with Gasteiger partial charge in [-0.15, -0.1) is 0 Å². The van der Waals surface area contributed by atoms with Crippen LogP contribution in [0, 0.1) is 0 Å². The standard InChI is InChI=1S/C18H18ClNO3/c1-20(2)9-10-22-18(21)17-15-11-12(19)7-8-13(15)14-5-3-4-6-16(14)23-17/h3-8,11,17H,9-10H2,1-2H3. The number of benzene rings is 2. The zero-order chi connectivity index (χ0) is 16.4. The summed E-state index contributed by atoms with van der Waals surface area (Å²) in [6.45, 7) is 0.987. The summed E-state index contributed by atoms with van der Waals surface area (Å²) in [5.74, 6) is 0.279. The summed E-state index contributed by atoms with van der Waals surface area (Å²) in [5.41, 5.74) is 2.65. The van der Waals surface area contributed by atoms with Crippen LogP contribution >= 0.6 is 11.6 Å². The maximum atomic E-state index is 12.5. The number of likely N-dealkylation sites (N-methyl/N-ethyl adjacent to an activating group) is 1. The summed E-state index contributed by atoms with van der Waals surface area (Å²) in [4.78, 5) is 14.4. The van der Waals surface area contributed by atoms with Gasteiger partial charge in [0.25, 0.3) is 0 Å². The van der Waals surface area contributed by atoms with E-state index in [0.29, 0.717) is 23.9 Å². The van der Waals surface area contributed by atoms with E-state index >= 15 is 0 Å². The summed E-state index contributed by atoms with van der Waals surface area (Å²) in [6.07, 6.45) is -0.791. The first-order valence-corrected chi connectivity index (χ1v) is 7.81. The van der Waals surface area contributed by atoms with E-state index in [1.807, 2.05) is 55.4 Å². The lowest BCUT2D eigenvalue weighted by atomic mass is 9.93. The lowest BCUT2D eigenvalue weighted by Gasteiger charge is -2.27. The topological polar surface area (TPSA) is 38.8 Å². The fourth-order valence-electron chi connectivity index (χ4n) is 2.56. The van der Waals surface area contributed by atoms with Crippen LogP contribution in [0.15, 0.2) is 42.5 Å². The van der Waals surface area contributed by atoms with Crippen LogP contribution in [-0.2, 0) is 9.53 Å². The van der Waals surface area contributed by atoms with Crippen molar-refractivity contribution >= 4 is 17.6 Å². The number of ether oxygens (including phenoxy) is 2. The summed E-state index contributed by atoms with van der Waals surface area (Å²) >= 11 is 6.11. The summed E-state index contributed by atoms with van der Waals surface area (Å²) in [5, 5.41) is 0.567. The Labute approximate surface area is 140 Å². The second-order valence-corrected chi connectivity index (χ2v) is 6.13. The van der Waals surface area contributed by atoms with Crippen molar-refractivity contribution in [2.45, 2.75) is 6.10 Å². The third kappa shape index (κ3) is 3.33. The molecule has 1 unspecified atom stereocenters. The van der Waals surface area contributed by atoms with Crippen LogP contribution < -0.4 is 4.74 Å². The summed E-state index contributed by atoms with van der Waals surface area (Å²) < 4.78 is 11.2. The van der Waals surface area contributed by atoms with E-state index in [9.17, 15) is 4.79 Å².